The summed E-state index contributed by atoms with van der Waals surface area (Å²) in [4.78, 5) is 23.4. The molecule has 0 aliphatic carbocycles. The fourth-order valence-electron chi connectivity index (χ4n) is 4.38. The summed E-state index contributed by atoms with van der Waals surface area (Å²) in [5, 5.41) is 0. The molecule has 0 spiro atoms. The molecule has 2 aliphatic rings. The van der Waals surface area contributed by atoms with Crippen LogP contribution in [0.25, 0.3) is 0 Å². The van der Waals surface area contributed by atoms with Crippen molar-refractivity contribution in [3.8, 4) is 34.5 Å². The summed E-state index contributed by atoms with van der Waals surface area (Å²) < 4.78 is 44.0. The molecule has 2 heterocycles. The van der Waals surface area contributed by atoms with Crippen LogP contribution in [0.5, 0.6) is 34.5 Å². The second-order valence-corrected chi connectivity index (χ2v) is 8.60. The van der Waals surface area contributed by atoms with Gasteiger partial charge in [0, 0.05) is 25.7 Å². The second kappa shape index (κ2) is 11.3. The molecule has 0 radical (unpaired) electrons. The van der Waals surface area contributed by atoms with Gasteiger partial charge in [0.15, 0.2) is 23.0 Å². The van der Waals surface area contributed by atoms with E-state index in [2.05, 4.69) is 0 Å². The van der Waals surface area contributed by atoms with E-state index in [-0.39, 0.29) is 50.6 Å². The number of hydrogen-bond acceptors (Lipinski definition) is 10. The highest BCUT2D eigenvalue weighted by atomic mass is 16.7. The Hall–Kier alpha value is -3.82. The number of ether oxygens (including phenoxy) is 8. The first-order chi connectivity index (χ1) is 17.4. The van der Waals surface area contributed by atoms with Crippen molar-refractivity contribution >= 4 is 11.9 Å². The highest BCUT2D eigenvalue weighted by molar-refractivity contribution is 5.66. The fourth-order valence-corrected chi connectivity index (χ4v) is 4.38. The topological polar surface area (TPSA) is 108 Å². The lowest BCUT2D eigenvalue weighted by molar-refractivity contribution is -0.147. The van der Waals surface area contributed by atoms with Crippen LogP contribution in [0.1, 0.15) is 25.0 Å². The van der Waals surface area contributed by atoms with Crippen LogP contribution in [-0.2, 0) is 31.9 Å². The van der Waals surface area contributed by atoms with Gasteiger partial charge in [0.1, 0.15) is 0 Å². The fraction of sp³-hybridized carbons (Fsp3) is 0.462. The van der Waals surface area contributed by atoms with Gasteiger partial charge in [-0.3, -0.25) is 9.59 Å². The van der Waals surface area contributed by atoms with Crippen molar-refractivity contribution in [2.45, 2.75) is 26.7 Å². The number of esters is 2. The lowest BCUT2D eigenvalue weighted by atomic mass is 9.83. The molecule has 2 aromatic rings. The molecule has 36 heavy (non-hydrogen) atoms. The second-order valence-electron chi connectivity index (χ2n) is 8.60. The number of benzene rings is 2. The van der Waals surface area contributed by atoms with E-state index in [4.69, 9.17) is 37.9 Å². The van der Waals surface area contributed by atoms with Gasteiger partial charge >= 0.3 is 11.9 Å². The van der Waals surface area contributed by atoms with Crippen LogP contribution in [0, 0.1) is 11.8 Å². The van der Waals surface area contributed by atoms with E-state index in [0.29, 0.717) is 47.3 Å². The predicted octanol–water partition coefficient (Wildman–Crippen LogP) is 3.31. The Morgan fingerprint density at radius 2 is 1.14 bits per heavy atom. The monoisotopic (exact) mass is 502 g/mol. The van der Waals surface area contributed by atoms with Crippen LogP contribution in [-0.4, -0.2) is 53.0 Å². The molecule has 0 fully saturated rings. The van der Waals surface area contributed by atoms with Crippen LogP contribution in [0.2, 0.25) is 0 Å². The molecule has 10 heteroatoms. The summed E-state index contributed by atoms with van der Waals surface area (Å²) in [6.07, 6.45) is 1.02. The number of fused-ring (bicyclic) bond motifs is 2. The van der Waals surface area contributed by atoms with Gasteiger partial charge in [0.2, 0.25) is 25.1 Å². The van der Waals surface area contributed by atoms with Crippen molar-refractivity contribution in [1.29, 1.82) is 0 Å². The molecule has 2 aromatic carbocycles. The summed E-state index contributed by atoms with van der Waals surface area (Å²) in [6.45, 7) is 3.24. The maximum atomic E-state index is 11.7. The molecule has 0 saturated heterocycles. The summed E-state index contributed by atoms with van der Waals surface area (Å²) >= 11 is 0. The molecule has 194 valence electrons. The summed E-state index contributed by atoms with van der Waals surface area (Å²) in [6, 6.07) is 7.53. The Balaban J connectivity index is 1.64. The van der Waals surface area contributed by atoms with Crippen LogP contribution >= 0.6 is 0 Å². The lowest BCUT2D eigenvalue weighted by Crippen LogP contribution is -2.29. The van der Waals surface area contributed by atoms with Gasteiger partial charge in [-0.15, -0.1) is 0 Å². The third-order valence-electron chi connectivity index (χ3n) is 6.10. The van der Waals surface area contributed by atoms with Gasteiger partial charge < -0.3 is 37.9 Å². The number of carbonyl (C=O) groups excluding carboxylic acids is 2. The van der Waals surface area contributed by atoms with Gasteiger partial charge in [0.25, 0.3) is 0 Å². The van der Waals surface area contributed by atoms with Crippen LogP contribution in [0.3, 0.4) is 0 Å². The summed E-state index contributed by atoms with van der Waals surface area (Å²) in [5.74, 6) is 2.23. The third-order valence-corrected chi connectivity index (χ3v) is 6.10. The van der Waals surface area contributed by atoms with Crippen molar-refractivity contribution < 1.29 is 47.5 Å². The van der Waals surface area contributed by atoms with Crippen molar-refractivity contribution in [2.75, 3.05) is 41.0 Å². The van der Waals surface area contributed by atoms with Gasteiger partial charge in [0.05, 0.1) is 27.4 Å². The van der Waals surface area contributed by atoms with E-state index in [0.717, 1.165) is 11.1 Å². The molecule has 10 nitrogen and oxygen atoms in total. The molecule has 2 atom stereocenters. The standard InChI is InChI=1S/C26H30O10/c1-15(27)31-11-19(5-17-7-21(29-3)25-23(9-17)33-13-35-25)20(12-32-16(2)28)6-18-8-22(30-4)26-24(10-18)34-14-36-26/h7-10,19-20H,5-6,11-14H2,1-4H3/t19-,20-/m1/s1. The molecule has 0 aromatic heterocycles. The number of rotatable bonds is 11. The lowest BCUT2D eigenvalue weighted by Gasteiger charge is -2.27. The Labute approximate surface area is 209 Å². The normalized spacial score (nSPS) is 14.7. The van der Waals surface area contributed by atoms with Crippen molar-refractivity contribution in [3.63, 3.8) is 0 Å². The molecule has 0 N–H and O–H groups in total. The van der Waals surface area contributed by atoms with Crippen LogP contribution < -0.4 is 28.4 Å². The van der Waals surface area contributed by atoms with E-state index < -0.39 is 0 Å². The largest absolute Gasteiger partial charge is 0.493 e. The smallest absolute Gasteiger partial charge is 0.302 e. The Morgan fingerprint density at radius 3 is 1.50 bits per heavy atom. The van der Waals surface area contributed by atoms with Gasteiger partial charge in [-0.2, -0.15) is 0 Å². The Bertz CT molecular complexity index is 1020. The SMILES string of the molecule is COc1cc(C[C@H](COC(C)=O)[C@@H](COC(C)=O)Cc2cc(OC)c3c(c2)OCO3)cc2c1OCO2. The van der Waals surface area contributed by atoms with Crippen LogP contribution in [0.15, 0.2) is 24.3 Å². The molecule has 4 rings (SSSR count). The van der Waals surface area contributed by atoms with E-state index in [1.165, 1.54) is 13.8 Å². The minimum atomic E-state index is -0.390. The first-order valence-electron chi connectivity index (χ1n) is 11.6. The number of carbonyl (C=O) groups is 2. The Morgan fingerprint density at radius 1 is 0.722 bits per heavy atom. The zero-order valence-corrected chi connectivity index (χ0v) is 20.8. The van der Waals surface area contributed by atoms with E-state index in [1.54, 1.807) is 14.2 Å². The quantitative estimate of drug-likeness (QED) is 0.425. The van der Waals surface area contributed by atoms with Gasteiger partial charge in [-0.25, -0.2) is 0 Å². The molecular weight excluding hydrogens is 472 g/mol. The molecule has 0 unspecified atom stereocenters. The van der Waals surface area contributed by atoms with Crippen molar-refractivity contribution in [3.05, 3.63) is 35.4 Å². The molecule has 0 bridgehead atoms. The average Bonchev–Trinajstić information content (AvgIpc) is 3.52. The zero-order valence-electron chi connectivity index (χ0n) is 20.8. The van der Waals surface area contributed by atoms with E-state index in [1.807, 2.05) is 24.3 Å². The minimum Gasteiger partial charge on any atom is -0.493 e. The van der Waals surface area contributed by atoms with Gasteiger partial charge in [-0.1, -0.05) is 0 Å². The predicted molar refractivity (Wildman–Crippen MR) is 126 cm³/mol. The number of hydrogen-bond donors (Lipinski definition) is 0. The maximum Gasteiger partial charge on any atom is 0.302 e. The minimum absolute atomic E-state index is 0.118. The summed E-state index contributed by atoms with van der Waals surface area (Å²) in [5.41, 5.74) is 1.81. The van der Waals surface area contributed by atoms with Gasteiger partial charge in [-0.05, 0) is 48.2 Å². The van der Waals surface area contributed by atoms with Crippen molar-refractivity contribution in [2.24, 2.45) is 11.8 Å². The molecular formula is C26H30O10. The highest BCUT2D eigenvalue weighted by Crippen LogP contribution is 2.44. The van der Waals surface area contributed by atoms with Crippen molar-refractivity contribution in [1.82, 2.24) is 0 Å². The Kier molecular flexibility index (Phi) is 7.92. The maximum absolute atomic E-state index is 11.7. The molecule has 0 saturated carbocycles. The zero-order chi connectivity index (χ0) is 25.7. The average molecular weight is 503 g/mol. The number of methoxy groups -OCH3 is 2. The first-order valence-corrected chi connectivity index (χ1v) is 11.6. The highest BCUT2D eigenvalue weighted by Gasteiger charge is 2.29. The van der Waals surface area contributed by atoms with E-state index in [9.17, 15) is 9.59 Å². The van der Waals surface area contributed by atoms with Crippen LogP contribution in [0.4, 0.5) is 0 Å². The van der Waals surface area contributed by atoms with E-state index >= 15 is 0 Å². The third kappa shape index (κ3) is 5.87. The molecule has 0 amide bonds. The first kappa shape index (κ1) is 25.3. The summed E-state index contributed by atoms with van der Waals surface area (Å²) in [7, 11) is 3.13. The molecule has 2 aliphatic heterocycles.